The first kappa shape index (κ1) is 10.1. The summed E-state index contributed by atoms with van der Waals surface area (Å²) in [7, 11) is 0. The van der Waals surface area contributed by atoms with Crippen LogP contribution >= 0.6 is 0 Å². The van der Waals surface area contributed by atoms with E-state index < -0.39 is 11.0 Å². The van der Waals surface area contributed by atoms with Crippen molar-refractivity contribution < 1.29 is 40.7 Å². The number of ketones is 1. The van der Waals surface area contributed by atoms with E-state index in [2.05, 4.69) is 0 Å². The molecule has 1 atom stereocenters. The fourth-order valence-electron chi connectivity index (χ4n) is 1.02. The van der Waals surface area contributed by atoms with Gasteiger partial charge in [0.2, 0.25) is 5.78 Å². The monoisotopic (exact) mass is 153 g/mol. The molecule has 0 amide bonds. The zero-order chi connectivity index (χ0) is 6.85. The minimum Gasteiger partial charge on any atom is -1.00 e. The quantitative estimate of drug-likeness (QED) is 0.238. The summed E-state index contributed by atoms with van der Waals surface area (Å²) in [6, 6.07) is -0.884. The van der Waals surface area contributed by atoms with Gasteiger partial charge in [-0.3, -0.25) is 14.9 Å². The Hall–Kier alpha value is 0.0700. The van der Waals surface area contributed by atoms with E-state index in [0.717, 1.165) is 0 Å². The van der Waals surface area contributed by atoms with Crippen LogP contribution in [0, 0.1) is 10.1 Å². The van der Waals surface area contributed by atoms with Crippen molar-refractivity contribution in [2.24, 2.45) is 0 Å². The smallest absolute Gasteiger partial charge is 1.00 e. The van der Waals surface area contributed by atoms with Gasteiger partial charge in [-0.05, 0) is 6.42 Å². The zero-order valence-electron chi connectivity index (χ0n) is 6.87. The van der Waals surface area contributed by atoms with Crippen LogP contribution in [0.3, 0.4) is 0 Å². The topological polar surface area (TPSA) is 60.2 Å². The van der Waals surface area contributed by atoms with Crippen LogP contribution < -0.4 is 29.6 Å². The van der Waals surface area contributed by atoms with Crippen LogP contribution in [-0.4, -0.2) is 16.7 Å². The van der Waals surface area contributed by atoms with Crippen molar-refractivity contribution in [1.29, 1.82) is 0 Å². The number of Topliss-reactive ketones (excluding diaryl/α,β-unsaturated/α-hetero) is 1. The Morgan fingerprint density at radius 3 is 2.50 bits per heavy atom. The maximum atomic E-state index is 10.6. The second-order valence-corrected chi connectivity index (χ2v) is 2.16. The number of carbonyl (C=O) groups is 1. The van der Waals surface area contributed by atoms with Gasteiger partial charge in [-0.25, -0.2) is 0 Å². The number of hydrogen-bond donors (Lipinski definition) is 0. The molecular formula is C5H8NNaO3. The first-order chi connectivity index (χ1) is 4.22. The van der Waals surface area contributed by atoms with Crippen LogP contribution in [0.15, 0.2) is 0 Å². The summed E-state index contributed by atoms with van der Waals surface area (Å²) >= 11 is 0. The zero-order valence-corrected chi connectivity index (χ0v) is 7.87. The van der Waals surface area contributed by atoms with Gasteiger partial charge in [0.1, 0.15) is 0 Å². The largest absolute Gasteiger partial charge is 1.00 e. The third kappa shape index (κ3) is 2.04. The molecule has 0 aliphatic heterocycles. The molecule has 4 nitrogen and oxygen atoms in total. The van der Waals surface area contributed by atoms with Gasteiger partial charge in [0.15, 0.2) is 0 Å². The predicted molar refractivity (Wildman–Crippen MR) is 30.8 cm³/mol. The number of nitro groups is 1. The van der Waals surface area contributed by atoms with Crippen molar-refractivity contribution in [2.75, 3.05) is 0 Å². The Morgan fingerprint density at radius 1 is 1.70 bits per heavy atom. The van der Waals surface area contributed by atoms with Crippen molar-refractivity contribution in [3.63, 3.8) is 0 Å². The molecular weight excluding hydrogens is 145 g/mol. The maximum absolute atomic E-state index is 10.6. The molecule has 1 aliphatic carbocycles. The van der Waals surface area contributed by atoms with Gasteiger partial charge in [-0.15, -0.1) is 0 Å². The van der Waals surface area contributed by atoms with Crippen LogP contribution in [0.5, 0.6) is 0 Å². The van der Waals surface area contributed by atoms with E-state index in [9.17, 15) is 14.9 Å². The Morgan fingerprint density at radius 2 is 2.30 bits per heavy atom. The summed E-state index contributed by atoms with van der Waals surface area (Å²) in [5.41, 5.74) is 0. The van der Waals surface area contributed by atoms with Crippen LogP contribution in [0.4, 0.5) is 0 Å². The molecule has 0 aromatic rings. The van der Waals surface area contributed by atoms with E-state index >= 15 is 0 Å². The average Bonchev–Trinajstić information content (AvgIpc) is 2.13. The molecule has 0 bridgehead atoms. The molecule has 0 N–H and O–H groups in total. The van der Waals surface area contributed by atoms with E-state index in [4.69, 9.17) is 0 Å². The third-order valence-corrected chi connectivity index (χ3v) is 1.53. The summed E-state index contributed by atoms with van der Waals surface area (Å²) in [4.78, 5) is 20.1. The minimum atomic E-state index is -0.884. The molecule has 1 saturated carbocycles. The van der Waals surface area contributed by atoms with Gasteiger partial charge >= 0.3 is 29.6 Å². The Balaban J connectivity index is 0. The molecule has 0 saturated heterocycles. The van der Waals surface area contributed by atoms with Gasteiger partial charge in [-0.1, -0.05) is 0 Å². The third-order valence-electron chi connectivity index (χ3n) is 1.53. The van der Waals surface area contributed by atoms with E-state index in [0.29, 0.717) is 19.3 Å². The Labute approximate surface area is 81.9 Å². The summed E-state index contributed by atoms with van der Waals surface area (Å²) in [5.74, 6) is -0.208. The maximum Gasteiger partial charge on any atom is 1.00 e. The Kier molecular flexibility index (Phi) is 4.08. The van der Waals surface area contributed by atoms with E-state index in [1.165, 1.54) is 0 Å². The molecule has 0 aromatic carbocycles. The van der Waals surface area contributed by atoms with Gasteiger partial charge in [0, 0.05) is 17.8 Å². The molecule has 1 rings (SSSR count). The fourth-order valence-corrected chi connectivity index (χ4v) is 1.02. The SMILES string of the molecule is O=C1CCCC1[N+](=O)[O-].[H-].[Na+]. The molecule has 0 heterocycles. The number of nitrogens with zero attached hydrogens (tertiary/aromatic N) is 1. The number of rotatable bonds is 1. The Bertz CT molecular complexity index is 164. The van der Waals surface area contributed by atoms with Crippen LogP contribution in [-0.2, 0) is 4.79 Å². The first-order valence-electron chi connectivity index (χ1n) is 2.88. The molecule has 1 unspecified atom stereocenters. The molecule has 5 heteroatoms. The van der Waals surface area contributed by atoms with Crippen molar-refractivity contribution >= 4 is 5.78 Å². The van der Waals surface area contributed by atoms with Crippen LogP contribution in [0.2, 0.25) is 0 Å². The average molecular weight is 153 g/mol. The minimum absolute atomic E-state index is 0. The van der Waals surface area contributed by atoms with E-state index in [1.807, 2.05) is 0 Å². The summed E-state index contributed by atoms with van der Waals surface area (Å²) in [5, 5.41) is 10.00. The van der Waals surface area contributed by atoms with Gasteiger partial charge in [0.25, 0.3) is 6.04 Å². The van der Waals surface area contributed by atoms with Crippen molar-refractivity contribution in [2.45, 2.75) is 25.3 Å². The van der Waals surface area contributed by atoms with Gasteiger partial charge < -0.3 is 1.43 Å². The fraction of sp³-hybridized carbons (Fsp3) is 0.800. The predicted octanol–water partition coefficient (Wildman–Crippen LogP) is -2.50. The van der Waals surface area contributed by atoms with Crippen molar-refractivity contribution in [3.8, 4) is 0 Å². The number of carbonyl (C=O) groups excluding carboxylic acids is 1. The number of hydrogen-bond acceptors (Lipinski definition) is 3. The first-order valence-corrected chi connectivity index (χ1v) is 2.88. The van der Waals surface area contributed by atoms with Crippen molar-refractivity contribution in [3.05, 3.63) is 10.1 Å². The van der Waals surface area contributed by atoms with Crippen molar-refractivity contribution in [1.82, 2.24) is 0 Å². The molecule has 1 fully saturated rings. The van der Waals surface area contributed by atoms with Crippen LogP contribution in [0.1, 0.15) is 20.7 Å². The summed E-state index contributed by atoms with van der Waals surface area (Å²) in [6.07, 6.45) is 1.52. The summed E-state index contributed by atoms with van der Waals surface area (Å²) < 4.78 is 0. The standard InChI is InChI=1S/C5H7NO3.Na.H/c7-5-3-1-2-4(5)6(8)9;;/h4H,1-3H2;;/q;+1;-1. The molecule has 0 spiro atoms. The molecule has 1 aliphatic rings. The molecule has 0 radical (unpaired) electrons. The second-order valence-electron chi connectivity index (χ2n) is 2.16. The second kappa shape index (κ2) is 4.05. The molecule has 0 aromatic heterocycles. The van der Waals surface area contributed by atoms with E-state index in [1.54, 1.807) is 0 Å². The normalized spacial score (nSPS) is 24.0. The van der Waals surface area contributed by atoms with Gasteiger partial charge in [0.05, 0.1) is 0 Å². The van der Waals surface area contributed by atoms with Gasteiger partial charge in [-0.2, -0.15) is 0 Å². The molecule has 52 valence electrons. The molecule has 10 heavy (non-hydrogen) atoms. The van der Waals surface area contributed by atoms with E-state index in [-0.39, 0.29) is 36.8 Å². The van der Waals surface area contributed by atoms with Crippen LogP contribution in [0.25, 0.3) is 0 Å². The summed E-state index contributed by atoms with van der Waals surface area (Å²) in [6.45, 7) is 0.